The minimum Gasteiger partial charge on any atom is -0.386 e. The fourth-order valence-corrected chi connectivity index (χ4v) is 2.17. The molecule has 0 amide bonds. The molecule has 0 aliphatic heterocycles. The molecule has 16 heavy (non-hydrogen) atoms. The molecule has 0 bridgehead atoms. The Morgan fingerprint density at radius 1 is 1.25 bits per heavy atom. The van der Waals surface area contributed by atoms with E-state index < -0.39 is 5.60 Å². The Morgan fingerprint density at radius 2 is 1.94 bits per heavy atom. The van der Waals surface area contributed by atoms with E-state index in [2.05, 4.69) is 32.2 Å². The Labute approximate surface area is 100 Å². The first-order valence-corrected chi connectivity index (χ1v) is 6.48. The number of aliphatic hydroxyl groups is 1. The van der Waals surface area contributed by atoms with Crippen LogP contribution in [0.5, 0.6) is 0 Å². The highest BCUT2D eigenvalue weighted by Gasteiger charge is 2.26. The molecule has 0 aromatic heterocycles. The average molecular weight is 225 g/mol. The molecular weight excluding hydrogens is 198 g/mol. The SMILES string of the molecule is CC(C)(C)NCCC(C)(O)C1=CCCCC1. The maximum atomic E-state index is 10.4. The molecule has 1 aliphatic carbocycles. The van der Waals surface area contributed by atoms with Crippen molar-refractivity contribution < 1.29 is 5.11 Å². The lowest BCUT2D eigenvalue weighted by atomic mass is 9.84. The Kier molecular flexibility index (Phi) is 4.57. The summed E-state index contributed by atoms with van der Waals surface area (Å²) >= 11 is 0. The second kappa shape index (κ2) is 5.33. The normalized spacial score (nSPS) is 21.4. The van der Waals surface area contributed by atoms with Gasteiger partial charge in [-0.15, -0.1) is 0 Å². The molecule has 0 radical (unpaired) electrons. The molecule has 0 aromatic rings. The number of allylic oxidation sites excluding steroid dienone is 1. The first-order valence-electron chi connectivity index (χ1n) is 6.48. The number of nitrogens with one attached hydrogen (secondary N) is 1. The van der Waals surface area contributed by atoms with E-state index in [0.717, 1.165) is 25.8 Å². The van der Waals surface area contributed by atoms with Crippen LogP contribution < -0.4 is 5.32 Å². The first-order chi connectivity index (χ1) is 7.31. The maximum absolute atomic E-state index is 10.4. The van der Waals surface area contributed by atoms with E-state index >= 15 is 0 Å². The molecule has 1 atom stereocenters. The van der Waals surface area contributed by atoms with Crippen molar-refractivity contribution in [2.45, 2.75) is 70.9 Å². The summed E-state index contributed by atoms with van der Waals surface area (Å²) in [6.07, 6.45) is 7.76. The summed E-state index contributed by atoms with van der Waals surface area (Å²) in [4.78, 5) is 0. The Bertz CT molecular complexity index is 248. The van der Waals surface area contributed by atoms with Gasteiger partial charge in [-0.1, -0.05) is 6.08 Å². The van der Waals surface area contributed by atoms with Crippen LogP contribution in [0.1, 0.15) is 59.8 Å². The van der Waals surface area contributed by atoms with Crippen molar-refractivity contribution in [3.8, 4) is 0 Å². The van der Waals surface area contributed by atoms with E-state index in [1.165, 1.54) is 18.4 Å². The van der Waals surface area contributed by atoms with Gasteiger partial charge in [-0.2, -0.15) is 0 Å². The molecule has 2 heteroatoms. The molecule has 0 fully saturated rings. The third-order valence-corrected chi connectivity index (χ3v) is 3.25. The van der Waals surface area contributed by atoms with Gasteiger partial charge < -0.3 is 10.4 Å². The average Bonchev–Trinajstić information content (AvgIpc) is 2.17. The predicted molar refractivity (Wildman–Crippen MR) is 69.5 cm³/mol. The van der Waals surface area contributed by atoms with Crippen LogP contribution in [0.15, 0.2) is 11.6 Å². The van der Waals surface area contributed by atoms with Crippen molar-refractivity contribution in [2.24, 2.45) is 0 Å². The minimum atomic E-state index is -0.612. The van der Waals surface area contributed by atoms with Crippen molar-refractivity contribution >= 4 is 0 Å². The van der Waals surface area contributed by atoms with Gasteiger partial charge >= 0.3 is 0 Å². The fraction of sp³-hybridized carbons (Fsp3) is 0.857. The second-order valence-corrected chi connectivity index (χ2v) is 6.18. The Morgan fingerprint density at radius 3 is 2.44 bits per heavy atom. The molecule has 94 valence electrons. The standard InChI is InChI=1S/C14H27NO/c1-13(2,3)15-11-10-14(4,16)12-8-6-5-7-9-12/h8,15-16H,5-7,9-11H2,1-4H3. The highest BCUT2D eigenvalue weighted by atomic mass is 16.3. The summed E-state index contributed by atoms with van der Waals surface area (Å²) < 4.78 is 0. The number of rotatable bonds is 4. The molecule has 2 N–H and O–H groups in total. The van der Waals surface area contributed by atoms with Gasteiger partial charge in [0.25, 0.3) is 0 Å². The van der Waals surface area contributed by atoms with E-state index in [1.807, 2.05) is 6.92 Å². The summed E-state index contributed by atoms with van der Waals surface area (Å²) in [7, 11) is 0. The summed E-state index contributed by atoms with van der Waals surface area (Å²) in [5, 5.41) is 13.9. The molecule has 2 nitrogen and oxygen atoms in total. The van der Waals surface area contributed by atoms with E-state index in [-0.39, 0.29) is 5.54 Å². The van der Waals surface area contributed by atoms with Gasteiger partial charge in [0.2, 0.25) is 0 Å². The largest absolute Gasteiger partial charge is 0.386 e. The summed E-state index contributed by atoms with van der Waals surface area (Å²) in [6.45, 7) is 9.28. The molecule has 0 spiro atoms. The molecule has 1 aliphatic rings. The zero-order valence-corrected chi connectivity index (χ0v) is 11.3. The van der Waals surface area contributed by atoms with E-state index in [0.29, 0.717) is 0 Å². The molecule has 1 unspecified atom stereocenters. The van der Waals surface area contributed by atoms with Gasteiger partial charge in [0.15, 0.2) is 0 Å². The Balaban J connectivity index is 2.42. The number of hydrogen-bond acceptors (Lipinski definition) is 2. The van der Waals surface area contributed by atoms with Gasteiger partial charge in [-0.3, -0.25) is 0 Å². The van der Waals surface area contributed by atoms with Gasteiger partial charge in [-0.25, -0.2) is 0 Å². The van der Waals surface area contributed by atoms with Crippen molar-refractivity contribution in [3.05, 3.63) is 11.6 Å². The lowest BCUT2D eigenvalue weighted by molar-refractivity contribution is 0.0815. The number of hydrogen-bond donors (Lipinski definition) is 2. The monoisotopic (exact) mass is 225 g/mol. The molecule has 0 heterocycles. The van der Waals surface area contributed by atoms with Crippen LogP contribution in [0.4, 0.5) is 0 Å². The first kappa shape index (κ1) is 13.7. The van der Waals surface area contributed by atoms with Crippen LogP contribution in [0.3, 0.4) is 0 Å². The molecular formula is C14H27NO. The molecule has 0 aromatic carbocycles. The van der Waals surface area contributed by atoms with Crippen LogP contribution >= 0.6 is 0 Å². The molecule has 0 saturated heterocycles. The summed E-state index contributed by atoms with van der Waals surface area (Å²) in [6, 6.07) is 0. The van der Waals surface area contributed by atoms with Crippen LogP contribution in [-0.4, -0.2) is 22.8 Å². The fourth-order valence-electron chi connectivity index (χ4n) is 2.17. The summed E-state index contributed by atoms with van der Waals surface area (Å²) in [5.41, 5.74) is 0.768. The minimum absolute atomic E-state index is 0.136. The van der Waals surface area contributed by atoms with Crippen LogP contribution in [-0.2, 0) is 0 Å². The highest BCUT2D eigenvalue weighted by molar-refractivity contribution is 5.17. The third-order valence-electron chi connectivity index (χ3n) is 3.25. The second-order valence-electron chi connectivity index (χ2n) is 6.18. The summed E-state index contributed by atoms with van der Waals surface area (Å²) in [5.74, 6) is 0. The highest BCUT2D eigenvalue weighted by Crippen LogP contribution is 2.29. The van der Waals surface area contributed by atoms with E-state index in [1.54, 1.807) is 0 Å². The van der Waals surface area contributed by atoms with Crippen LogP contribution in [0.2, 0.25) is 0 Å². The van der Waals surface area contributed by atoms with Crippen LogP contribution in [0.25, 0.3) is 0 Å². The topological polar surface area (TPSA) is 32.3 Å². The van der Waals surface area contributed by atoms with E-state index in [4.69, 9.17) is 0 Å². The quantitative estimate of drug-likeness (QED) is 0.721. The zero-order chi connectivity index (χ0) is 12.2. The zero-order valence-electron chi connectivity index (χ0n) is 11.3. The van der Waals surface area contributed by atoms with Crippen molar-refractivity contribution in [2.75, 3.05) is 6.54 Å². The van der Waals surface area contributed by atoms with Crippen molar-refractivity contribution in [3.63, 3.8) is 0 Å². The van der Waals surface area contributed by atoms with Gasteiger partial charge in [0, 0.05) is 5.54 Å². The van der Waals surface area contributed by atoms with Gasteiger partial charge in [-0.05, 0) is 71.9 Å². The van der Waals surface area contributed by atoms with Crippen molar-refractivity contribution in [1.29, 1.82) is 0 Å². The molecule has 1 rings (SSSR count). The van der Waals surface area contributed by atoms with E-state index in [9.17, 15) is 5.11 Å². The predicted octanol–water partition coefficient (Wildman–Crippen LogP) is 3.02. The smallest absolute Gasteiger partial charge is 0.0840 e. The van der Waals surface area contributed by atoms with Gasteiger partial charge in [0.1, 0.15) is 0 Å². The van der Waals surface area contributed by atoms with Gasteiger partial charge in [0.05, 0.1) is 5.60 Å². The lowest BCUT2D eigenvalue weighted by Crippen LogP contribution is -2.40. The molecule has 0 saturated carbocycles. The van der Waals surface area contributed by atoms with Crippen molar-refractivity contribution in [1.82, 2.24) is 5.32 Å². The Hall–Kier alpha value is -0.340. The lowest BCUT2D eigenvalue weighted by Gasteiger charge is -2.31. The maximum Gasteiger partial charge on any atom is 0.0840 e. The third kappa shape index (κ3) is 4.67. The van der Waals surface area contributed by atoms with Crippen LogP contribution in [0, 0.1) is 0 Å².